The van der Waals surface area contributed by atoms with E-state index >= 15 is 0 Å². The largest absolute Gasteiger partial charge is 0.393 e. The van der Waals surface area contributed by atoms with Gasteiger partial charge in [-0.1, -0.05) is 19.1 Å². The van der Waals surface area contributed by atoms with Gasteiger partial charge in [0.2, 0.25) is 5.91 Å². The maximum atomic E-state index is 12.0. The smallest absolute Gasteiger partial charge is 0.220 e. The molecule has 2 N–H and O–H groups in total. The van der Waals surface area contributed by atoms with Gasteiger partial charge in [-0.15, -0.1) is 0 Å². The minimum atomic E-state index is -0.373. The number of aliphatic hydroxyl groups is 1. The Hall–Kier alpha value is -1.68. The fraction of sp³-hybridized carbons (Fsp3) is 0.529. The van der Waals surface area contributed by atoms with Crippen molar-refractivity contribution >= 4 is 11.7 Å². The second-order valence-corrected chi connectivity index (χ2v) is 5.42. The lowest BCUT2D eigenvalue weighted by Gasteiger charge is -2.09. The first-order valence-corrected chi connectivity index (χ1v) is 7.49. The fourth-order valence-electron chi connectivity index (χ4n) is 1.96. The van der Waals surface area contributed by atoms with Crippen LogP contribution in [0.1, 0.15) is 54.1 Å². The first kappa shape index (κ1) is 17.4. The van der Waals surface area contributed by atoms with Gasteiger partial charge in [0.15, 0.2) is 5.78 Å². The minimum absolute atomic E-state index is 0.0122. The number of ketones is 1. The van der Waals surface area contributed by atoms with Crippen molar-refractivity contribution < 1.29 is 14.7 Å². The van der Waals surface area contributed by atoms with E-state index in [0.717, 1.165) is 11.1 Å². The zero-order chi connectivity index (χ0) is 15.8. The van der Waals surface area contributed by atoms with Crippen LogP contribution in [-0.2, 0) is 4.79 Å². The Morgan fingerprint density at radius 1 is 1.19 bits per heavy atom. The van der Waals surface area contributed by atoms with Crippen molar-refractivity contribution in [3.05, 3.63) is 34.9 Å². The summed E-state index contributed by atoms with van der Waals surface area (Å²) in [6, 6.07) is 5.60. The van der Waals surface area contributed by atoms with Gasteiger partial charge in [-0.05, 0) is 43.9 Å². The van der Waals surface area contributed by atoms with Crippen LogP contribution in [0.2, 0.25) is 0 Å². The van der Waals surface area contributed by atoms with E-state index < -0.39 is 0 Å². The summed E-state index contributed by atoms with van der Waals surface area (Å²) in [5, 5.41) is 12.1. The van der Waals surface area contributed by atoms with E-state index in [-0.39, 0.29) is 30.6 Å². The Morgan fingerprint density at radius 2 is 1.90 bits per heavy atom. The average Bonchev–Trinajstić information content (AvgIpc) is 2.47. The first-order chi connectivity index (χ1) is 9.93. The molecule has 0 fully saturated rings. The van der Waals surface area contributed by atoms with Gasteiger partial charge in [0.1, 0.15) is 0 Å². The second kappa shape index (κ2) is 8.57. The van der Waals surface area contributed by atoms with E-state index in [2.05, 4.69) is 5.32 Å². The van der Waals surface area contributed by atoms with Crippen molar-refractivity contribution in [1.82, 2.24) is 5.32 Å². The standard InChI is InChI=1S/C17H25NO3/c1-4-15(19)9-10-18-17(21)8-7-16(20)14-6-5-12(2)13(3)11-14/h5-6,11,15,19H,4,7-10H2,1-3H3,(H,18,21). The van der Waals surface area contributed by atoms with Crippen molar-refractivity contribution in [1.29, 1.82) is 0 Å². The van der Waals surface area contributed by atoms with Crippen molar-refractivity contribution in [2.45, 2.75) is 52.6 Å². The van der Waals surface area contributed by atoms with Crippen LogP contribution < -0.4 is 5.32 Å². The van der Waals surface area contributed by atoms with Crippen molar-refractivity contribution in [2.24, 2.45) is 0 Å². The molecule has 4 heteroatoms. The molecular formula is C17H25NO3. The third-order valence-electron chi connectivity index (χ3n) is 3.68. The zero-order valence-corrected chi connectivity index (χ0v) is 13.1. The molecule has 1 atom stereocenters. The lowest BCUT2D eigenvalue weighted by molar-refractivity contribution is -0.121. The molecule has 1 aromatic carbocycles. The van der Waals surface area contributed by atoms with Crippen LogP contribution in [-0.4, -0.2) is 29.4 Å². The highest BCUT2D eigenvalue weighted by Crippen LogP contribution is 2.12. The number of hydrogen-bond acceptors (Lipinski definition) is 3. The maximum Gasteiger partial charge on any atom is 0.220 e. The summed E-state index contributed by atoms with van der Waals surface area (Å²) >= 11 is 0. The molecule has 21 heavy (non-hydrogen) atoms. The molecule has 0 aliphatic carbocycles. The van der Waals surface area contributed by atoms with Gasteiger partial charge in [0, 0.05) is 24.9 Å². The highest BCUT2D eigenvalue weighted by atomic mass is 16.3. The quantitative estimate of drug-likeness (QED) is 0.723. The van der Waals surface area contributed by atoms with Crippen molar-refractivity contribution in [3.8, 4) is 0 Å². The Kier molecular flexibility index (Phi) is 7.09. The maximum absolute atomic E-state index is 12.0. The number of rotatable bonds is 8. The van der Waals surface area contributed by atoms with Crippen molar-refractivity contribution in [3.63, 3.8) is 0 Å². The third kappa shape index (κ3) is 6.08. The molecule has 0 saturated heterocycles. The molecule has 0 radical (unpaired) electrons. The first-order valence-electron chi connectivity index (χ1n) is 7.49. The molecule has 0 saturated carbocycles. The summed E-state index contributed by atoms with van der Waals surface area (Å²) in [7, 11) is 0. The molecule has 0 spiro atoms. The van der Waals surface area contributed by atoms with Crippen LogP contribution >= 0.6 is 0 Å². The summed E-state index contributed by atoms with van der Waals surface area (Å²) in [5.74, 6) is -0.155. The number of aryl methyl sites for hydroxylation is 2. The number of benzene rings is 1. The van der Waals surface area contributed by atoms with Crippen LogP contribution in [0, 0.1) is 13.8 Å². The number of nitrogens with one attached hydrogen (secondary N) is 1. The summed E-state index contributed by atoms with van der Waals surface area (Å²) in [5.41, 5.74) is 2.89. The number of amides is 1. The Morgan fingerprint density at radius 3 is 2.52 bits per heavy atom. The van der Waals surface area contributed by atoms with Gasteiger partial charge in [-0.25, -0.2) is 0 Å². The molecule has 1 unspecified atom stereocenters. The number of carbonyl (C=O) groups is 2. The van der Waals surface area contributed by atoms with E-state index in [1.54, 1.807) is 6.07 Å². The molecule has 0 aliphatic heterocycles. The minimum Gasteiger partial charge on any atom is -0.393 e. The van der Waals surface area contributed by atoms with E-state index in [1.807, 2.05) is 32.9 Å². The highest BCUT2D eigenvalue weighted by molar-refractivity contribution is 5.98. The van der Waals surface area contributed by atoms with Gasteiger partial charge in [0.05, 0.1) is 6.10 Å². The fourth-order valence-corrected chi connectivity index (χ4v) is 1.96. The van der Waals surface area contributed by atoms with Gasteiger partial charge in [0.25, 0.3) is 0 Å². The molecule has 1 aromatic rings. The van der Waals surface area contributed by atoms with Crippen LogP contribution in [0.3, 0.4) is 0 Å². The average molecular weight is 291 g/mol. The van der Waals surface area contributed by atoms with Gasteiger partial charge in [-0.3, -0.25) is 9.59 Å². The predicted octanol–water partition coefficient (Wildman–Crippen LogP) is 2.54. The number of hydrogen-bond donors (Lipinski definition) is 2. The molecule has 0 bridgehead atoms. The van der Waals surface area contributed by atoms with E-state index in [1.165, 1.54) is 0 Å². The third-order valence-corrected chi connectivity index (χ3v) is 3.68. The van der Waals surface area contributed by atoms with Crippen LogP contribution in [0.5, 0.6) is 0 Å². The molecular weight excluding hydrogens is 266 g/mol. The van der Waals surface area contributed by atoms with Gasteiger partial charge < -0.3 is 10.4 Å². The number of aliphatic hydroxyl groups excluding tert-OH is 1. The normalized spacial score (nSPS) is 12.0. The van der Waals surface area contributed by atoms with E-state index in [4.69, 9.17) is 0 Å². The monoisotopic (exact) mass is 291 g/mol. The summed E-state index contributed by atoms with van der Waals surface area (Å²) < 4.78 is 0. The number of Topliss-reactive ketones (excluding diaryl/α,β-unsaturated/α-hetero) is 1. The Balaban J connectivity index is 2.35. The van der Waals surface area contributed by atoms with Crippen LogP contribution in [0.15, 0.2) is 18.2 Å². The Labute approximate surface area is 126 Å². The Bertz CT molecular complexity index is 497. The zero-order valence-electron chi connectivity index (χ0n) is 13.1. The van der Waals surface area contributed by atoms with Crippen molar-refractivity contribution in [2.75, 3.05) is 6.54 Å². The summed E-state index contributed by atoms with van der Waals surface area (Å²) in [4.78, 5) is 23.6. The van der Waals surface area contributed by atoms with Gasteiger partial charge >= 0.3 is 0 Å². The highest BCUT2D eigenvalue weighted by Gasteiger charge is 2.10. The predicted molar refractivity (Wildman–Crippen MR) is 83.4 cm³/mol. The molecule has 0 heterocycles. The van der Waals surface area contributed by atoms with Crippen LogP contribution in [0.25, 0.3) is 0 Å². The van der Waals surface area contributed by atoms with E-state index in [9.17, 15) is 14.7 Å². The van der Waals surface area contributed by atoms with Gasteiger partial charge in [-0.2, -0.15) is 0 Å². The van der Waals surface area contributed by atoms with E-state index in [0.29, 0.717) is 24.9 Å². The molecule has 0 aromatic heterocycles. The molecule has 116 valence electrons. The number of carbonyl (C=O) groups excluding carboxylic acids is 2. The second-order valence-electron chi connectivity index (χ2n) is 5.42. The molecule has 1 rings (SSSR count). The summed E-state index contributed by atoms with van der Waals surface area (Å²) in [6.07, 6.45) is 1.26. The summed E-state index contributed by atoms with van der Waals surface area (Å²) in [6.45, 7) is 6.32. The molecule has 0 aliphatic rings. The lowest BCUT2D eigenvalue weighted by Crippen LogP contribution is -2.27. The van der Waals surface area contributed by atoms with Crippen LogP contribution in [0.4, 0.5) is 0 Å². The SMILES string of the molecule is CCC(O)CCNC(=O)CCC(=O)c1ccc(C)c(C)c1. The molecule has 1 amide bonds. The molecule has 4 nitrogen and oxygen atoms in total. The topological polar surface area (TPSA) is 66.4 Å². The lowest BCUT2D eigenvalue weighted by atomic mass is 10.0.